The number of aliphatic hydroxyl groups is 1. The number of likely N-dealkylation sites (tertiary alicyclic amines) is 1. The lowest BCUT2D eigenvalue weighted by Gasteiger charge is -2.26. The summed E-state index contributed by atoms with van der Waals surface area (Å²) < 4.78 is 10.7. The number of hydrogen-bond acceptors (Lipinski definition) is 6. The van der Waals surface area contributed by atoms with E-state index in [1.807, 2.05) is 0 Å². The van der Waals surface area contributed by atoms with Gasteiger partial charge in [0.2, 0.25) is 0 Å². The molecule has 1 fully saturated rings. The molecule has 0 saturated carbocycles. The van der Waals surface area contributed by atoms with Crippen LogP contribution < -0.4 is 9.47 Å². The highest BCUT2D eigenvalue weighted by Gasteiger charge is 2.46. The summed E-state index contributed by atoms with van der Waals surface area (Å²) in [5.74, 6) is -1.81. The zero-order valence-electron chi connectivity index (χ0n) is 18.9. The number of ketones is 1. The molecule has 2 aromatic carbocycles. The minimum absolute atomic E-state index is 0.0362. The van der Waals surface area contributed by atoms with Gasteiger partial charge in [-0.2, -0.15) is 0 Å². The number of carboxylic acids is 1. The van der Waals surface area contributed by atoms with Crippen molar-refractivity contribution >= 4 is 35.0 Å². The van der Waals surface area contributed by atoms with Crippen LogP contribution in [0.2, 0.25) is 5.02 Å². The molecule has 2 N–H and O–H groups in total. The van der Waals surface area contributed by atoms with Crippen LogP contribution in [0.15, 0.2) is 48.0 Å². The lowest BCUT2D eigenvalue weighted by molar-refractivity contribution is -0.140. The quantitative estimate of drug-likeness (QED) is 0.220. The van der Waals surface area contributed by atoms with Gasteiger partial charge in [-0.1, -0.05) is 24.1 Å². The van der Waals surface area contributed by atoms with E-state index < -0.39 is 23.7 Å². The van der Waals surface area contributed by atoms with Gasteiger partial charge in [-0.05, 0) is 54.8 Å². The minimum atomic E-state index is -0.881. The predicted octanol–water partition coefficient (Wildman–Crippen LogP) is 4.42. The Hall–Kier alpha value is -3.52. The summed E-state index contributed by atoms with van der Waals surface area (Å²) in [6, 6.07) is 10.5. The SMILES string of the molecule is COc1ccc([C@H]2/C(=C(\O)c3ccc(Cl)cc3)C(=O)C(=O)N2CCCCCC(=O)O)cc1OC. The third kappa shape index (κ3) is 5.34. The van der Waals surface area contributed by atoms with Crippen LogP contribution in [-0.4, -0.2) is 53.5 Å². The summed E-state index contributed by atoms with van der Waals surface area (Å²) >= 11 is 5.95. The second-order valence-corrected chi connectivity index (χ2v) is 8.25. The molecule has 180 valence electrons. The van der Waals surface area contributed by atoms with Crippen molar-refractivity contribution in [2.75, 3.05) is 20.8 Å². The smallest absolute Gasteiger partial charge is 0.303 e. The number of methoxy groups -OCH3 is 2. The number of amides is 1. The standard InChI is InChI=1S/C25H26ClNO7/c1-33-18-12-9-16(14-19(18)34-2)22-21(23(30)15-7-10-17(26)11-8-15)24(31)25(32)27(22)13-5-3-4-6-20(28)29/h7-12,14,22,30H,3-6,13H2,1-2H3,(H,28,29)/b23-21+/t22-/m0/s1. The fourth-order valence-corrected chi connectivity index (χ4v) is 4.10. The molecule has 2 aromatic rings. The molecule has 1 aliphatic heterocycles. The van der Waals surface area contributed by atoms with Crippen LogP contribution in [0, 0.1) is 0 Å². The molecular weight excluding hydrogens is 462 g/mol. The summed E-state index contributed by atoms with van der Waals surface area (Å²) in [5.41, 5.74) is 0.886. The predicted molar refractivity (Wildman–Crippen MR) is 126 cm³/mol. The second kappa shape index (κ2) is 11.1. The third-order valence-electron chi connectivity index (χ3n) is 5.67. The van der Waals surface area contributed by atoms with E-state index in [1.54, 1.807) is 42.5 Å². The highest BCUT2D eigenvalue weighted by atomic mass is 35.5. The van der Waals surface area contributed by atoms with Gasteiger partial charge in [-0.3, -0.25) is 14.4 Å². The fourth-order valence-electron chi connectivity index (χ4n) is 3.98. The number of hydrogen-bond donors (Lipinski definition) is 2. The maximum atomic E-state index is 13.1. The first-order chi connectivity index (χ1) is 16.3. The molecule has 1 atom stereocenters. The Bertz CT molecular complexity index is 1110. The number of ether oxygens (including phenoxy) is 2. The normalized spacial score (nSPS) is 17.1. The average Bonchev–Trinajstić information content (AvgIpc) is 3.08. The molecule has 0 radical (unpaired) electrons. The summed E-state index contributed by atoms with van der Waals surface area (Å²) in [5, 5.41) is 20.4. The number of aliphatic hydroxyl groups excluding tert-OH is 1. The average molecular weight is 488 g/mol. The first kappa shape index (κ1) is 25.1. The molecule has 0 aromatic heterocycles. The van der Waals surface area contributed by atoms with E-state index in [1.165, 1.54) is 19.1 Å². The molecule has 34 heavy (non-hydrogen) atoms. The van der Waals surface area contributed by atoms with Gasteiger partial charge in [0.15, 0.2) is 11.5 Å². The molecule has 9 heteroatoms. The van der Waals surface area contributed by atoms with Gasteiger partial charge >= 0.3 is 5.97 Å². The minimum Gasteiger partial charge on any atom is -0.507 e. The maximum absolute atomic E-state index is 13.1. The van der Waals surface area contributed by atoms with Crippen LogP contribution in [0.3, 0.4) is 0 Å². The van der Waals surface area contributed by atoms with Crippen LogP contribution in [-0.2, 0) is 14.4 Å². The highest BCUT2D eigenvalue weighted by molar-refractivity contribution is 6.46. The topological polar surface area (TPSA) is 113 Å². The zero-order chi connectivity index (χ0) is 24.8. The zero-order valence-corrected chi connectivity index (χ0v) is 19.7. The third-order valence-corrected chi connectivity index (χ3v) is 5.92. The Morgan fingerprint density at radius 2 is 1.65 bits per heavy atom. The van der Waals surface area contributed by atoms with Crippen LogP contribution in [0.25, 0.3) is 5.76 Å². The number of halogens is 1. The fraction of sp³-hybridized carbons (Fsp3) is 0.320. The van der Waals surface area contributed by atoms with Crippen molar-refractivity contribution in [1.82, 2.24) is 4.90 Å². The Labute approximate surface area is 202 Å². The lowest BCUT2D eigenvalue weighted by Crippen LogP contribution is -2.30. The van der Waals surface area contributed by atoms with E-state index in [-0.39, 0.29) is 24.3 Å². The van der Waals surface area contributed by atoms with Crippen molar-refractivity contribution in [3.63, 3.8) is 0 Å². The summed E-state index contributed by atoms with van der Waals surface area (Å²) in [4.78, 5) is 38.2. The molecular formula is C25H26ClNO7. The number of carbonyl (C=O) groups excluding carboxylic acids is 2. The first-order valence-corrected chi connectivity index (χ1v) is 11.1. The van der Waals surface area contributed by atoms with Gasteiger partial charge < -0.3 is 24.6 Å². The van der Waals surface area contributed by atoms with Crippen molar-refractivity contribution < 1.29 is 34.1 Å². The monoisotopic (exact) mass is 487 g/mol. The Morgan fingerprint density at radius 1 is 0.971 bits per heavy atom. The Balaban J connectivity index is 2.04. The van der Waals surface area contributed by atoms with Gasteiger partial charge in [0.05, 0.1) is 25.8 Å². The number of carbonyl (C=O) groups is 3. The van der Waals surface area contributed by atoms with Gasteiger partial charge in [-0.15, -0.1) is 0 Å². The van der Waals surface area contributed by atoms with Gasteiger partial charge in [-0.25, -0.2) is 0 Å². The number of unbranched alkanes of at least 4 members (excludes halogenated alkanes) is 2. The van der Waals surface area contributed by atoms with Gasteiger partial charge in [0.1, 0.15) is 5.76 Å². The van der Waals surface area contributed by atoms with E-state index in [2.05, 4.69) is 0 Å². The second-order valence-electron chi connectivity index (χ2n) is 7.82. The lowest BCUT2D eigenvalue weighted by atomic mass is 9.95. The number of nitrogens with zero attached hydrogens (tertiary/aromatic N) is 1. The molecule has 1 amide bonds. The number of Topliss-reactive ketones (excluding diaryl/α,β-unsaturated/α-hetero) is 1. The van der Waals surface area contributed by atoms with Crippen molar-refractivity contribution in [1.29, 1.82) is 0 Å². The van der Waals surface area contributed by atoms with Crippen molar-refractivity contribution in [2.24, 2.45) is 0 Å². The van der Waals surface area contributed by atoms with E-state index in [9.17, 15) is 19.5 Å². The van der Waals surface area contributed by atoms with Crippen LogP contribution in [0.1, 0.15) is 42.9 Å². The summed E-state index contributed by atoms with van der Waals surface area (Å²) in [6.45, 7) is 0.223. The van der Waals surface area contributed by atoms with Crippen molar-refractivity contribution in [3.05, 3.63) is 64.2 Å². The molecule has 0 unspecified atom stereocenters. The molecule has 0 bridgehead atoms. The van der Waals surface area contributed by atoms with Gasteiger partial charge in [0, 0.05) is 23.6 Å². The highest BCUT2D eigenvalue weighted by Crippen LogP contribution is 2.42. The largest absolute Gasteiger partial charge is 0.507 e. The number of rotatable bonds is 10. The van der Waals surface area contributed by atoms with Crippen LogP contribution >= 0.6 is 11.6 Å². The van der Waals surface area contributed by atoms with E-state index >= 15 is 0 Å². The summed E-state index contributed by atoms with van der Waals surface area (Å²) in [7, 11) is 2.98. The number of carboxylic acid groups (broad SMARTS) is 1. The maximum Gasteiger partial charge on any atom is 0.303 e. The van der Waals surface area contributed by atoms with Crippen molar-refractivity contribution in [3.8, 4) is 11.5 Å². The molecule has 3 rings (SSSR count). The van der Waals surface area contributed by atoms with Crippen LogP contribution in [0.4, 0.5) is 0 Å². The van der Waals surface area contributed by atoms with E-state index in [4.69, 9.17) is 26.2 Å². The molecule has 0 spiro atoms. The Kier molecular flexibility index (Phi) is 8.17. The number of aliphatic carboxylic acids is 1. The Morgan fingerprint density at radius 3 is 2.26 bits per heavy atom. The molecule has 1 saturated heterocycles. The molecule has 8 nitrogen and oxygen atoms in total. The molecule has 0 aliphatic carbocycles. The van der Waals surface area contributed by atoms with Crippen molar-refractivity contribution in [2.45, 2.75) is 31.7 Å². The molecule has 1 aliphatic rings. The van der Waals surface area contributed by atoms with Gasteiger partial charge in [0.25, 0.3) is 11.7 Å². The van der Waals surface area contributed by atoms with E-state index in [0.717, 1.165) is 0 Å². The molecule has 1 heterocycles. The van der Waals surface area contributed by atoms with Crippen LogP contribution in [0.5, 0.6) is 11.5 Å². The first-order valence-electron chi connectivity index (χ1n) is 10.8. The number of benzene rings is 2. The van der Waals surface area contributed by atoms with E-state index in [0.29, 0.717) is 46.9 Å². The summed E-state index contributed by atoms with van der Waals surface area (Å²) in [6.07, 6.45) is 1.58.